The molecule has 0 aliphatic carbocycles. The first-order chi connectivity index (χ1) is 14.9. The van der Waals surface area contributed by atoms with Gasteiger partial charge >= 0.3 is 20.4 Å². The second-order valence-electron chi connectivity index (χ2n) is 6.96. The molecule has 0 saturated carbocycles. The molecule has 5 aromatic carbocycles. The van der Waals surface area contributed by atoms with E-state index in [0.29, 0.717) is 0 Å². The fourth-order valence-electron chi connectivity index (χ4n) is 3.54. The third-order valence-electron chi connectivity index (χ3n) is 5.05. The van der Waals surface area contributed by atoms with Gasteiger partial charge in [0, 0.05) is 0 Å². The predicted octanol–water partition coefficient (Wildman–Crippen LogP) is 7.09. The average Bonchev–Trinajstić information content (AvgIpc) is 2.82. The van der Waals surface area contributed by atoms with Crippen LogP contribution in [-0.2, 0) is 20.4 Å². The summed E-state index contributed by atoms with van der Waals surface area (Å²) in [5.41, 5.74) is 3.56. The fourth-order valence-corrected chi connectivity index (χ4v) is 3.54. The van der Waals surface area contributed by atoms with Crippen molar-refractivity contribution in [1.82, 2.24) is 0 Å². The zero-order valence-corrected chi connectivity index (χ0v) is 18.2. The van der Waals surface area contributed by atoms with Gasteiger partial charge in [0.2, 0.25) is 0 Å². The molecule has 0 aliphatic rings. The number of nitrogens with zero attached hydrogens (tertiary/aromatic N) is 2. The zero-order valence-electron chi connectivity index (χ0n) is 16.6. The number of aliphatic imine (C=N–C) groups is 2. The molecular formula is C28H18N2Pd. The van der Waals surface area contributed by atoms with E-state index in [2.05, 4.69) is 48.5 Å². The minimum atomic E-state index is 0. The molecule has 150 valence electrons. The first kappa shape index (κ1) is 20.9. The minimum Gasteiger partial charge on any atom is -0.302 e. The van der Waals surface area contributed by atoms with E-state index < -0.39 is 0 Å². The number of hydrogen-bond donors (Lipinski definition) is 0. The van der Waals surface area contributed by atoms with Crippen LogP contribution in [0, 0.1) is 12.1 Å². The summed E-state index contributed by atoms with van der Waals surface area (Å²) in [5, 5.41) is 4.62. The SMILES string of the molecule is [Pd+2].[c-]1ccc2ccccc2c1C=Nc1ccccc1N=Cc1[c-]ccc2ccccc12. The molecule has 0 amide bonds. The Morgan fingerprint density at radius 3 is 1.42 bits per heavy atom. The first-order valence-corrected chi connectivity index (χ1v) is 9.84. The van der Waals surface area contributed by atoms with Crippen molar-refractivity contribution in [2.75, 3.05) is 0 Å². The molecule has 0 spiro atoms. The molecule has 0 saturated heterocycles. The molecule has 3 heteroatoms. The molecular weight excluding hydrogens is 471 g/mol. The number of fused-ring (bicyclic) bond motifs is 2. The molecule has 31 heavy (non-hydrogen) atoms. The van der Waals surface area contributed by atoms with Crippen LogP contribution in [0.2, 0.25) is 0 Å². The van der Waals surface area contributed by atoms with E-state index in [-0.39, 0.29) is 20.4 Å². The Balaban J connectivity index is 0.00000231. The quantitative estimate of drug-likeness (QED) is 0.146. The summed E-state index contributed by atoms with van der Waals surface area (Å²) < 4.78 is 0. The van der Waals surface area contributed by atoms with Crippen molar-refractivity contribution in [1.29, 1.82) is 0 Å². The molecule has 5 aromatic rings. The van der Waals surface area contributed by atoms with Gasteiger partial charge in [0.05, 0.1) is 11.4 Å². The Morgan fingerprint density at radius 2 is 0.935 bits per heavy atom. The van der Waals surface area contributed by atoms with Crippen LogP contribution in [0.3, 0.4) is 0 Å². The maximum absolute atomic E-state index is 4.72. The Labute approximate surface area is 195 Å². The molecule has 5 rings (SSSR count). The molecule has 0 radical (unpaired) electrons. The average molecular weight is 489 g/mol. The fraction of sp³-hybridized carbons (Fsp3) is 0. The molecule has 0 fully saturated rings. The summed E-state index contributed by atoms with van der Waals surface area (Å²) in [6.07, 6.45) is 3.72. The van der Waals surface area contributed by atoms with Crippen LogP contribution in [0.4, 0.5) is 11.4 Å². The van der Waals surface area contributed by atoms with E-state index >= 15 is 0 Å². The van der Waals surface area contributed by atoms with Crippen LogP contribution in [0.25, 0.3) is 21.5 Å². The van der Waals surface area contributed by atoms with Crippen molar-refractivity contribution in [3.8, 4) is 0 Å². The number of hydrogen-bond acceptors (Lipinski definition) is 2. The van der Waals surface area contributed by atoms with Gasteiger partial charge in [-0.05, 0) is 24.6 Å². The van der Waals surface area contributed by atoms with Crippen LogP contribution in [-0.4, -0.2) is 12.4 Å². The topological polar surface area (TPSA) is 24.7 Å². The van der Waals surface area contributed by atoms with E-state index in [0.717, 1.165) is 33.3 Å². The number of rotatable bonds is 4. The third kappa shape index (κ3) is 4.54. The smallest absolute Gasteiger partial charge is 0.302 e. The Hall–Kier alpha value is -3.38. The maximum atomic E-state index is 4.72. The number of benzene rings is 5. The second kappa shape index (κ2) is 9.62. The van der Waals surface area contributed by atoms with Crippen LogP contribution in [0.1, 0.15) is 11.1 Å². The summed E-state index contributed by atoms with van der Waals surface area (Å²) in [6.45, 7) is 0. The summed E-state index contributed by atoms with van der Waals surface area (Å²) in [6, 6.07) is 39.0. The third-order valence-corrected chi connectivity index (χ3v) is 5.05. The summed E-state index contributed by atoms with van der Waals surface area (Å²) in [4.78, 5) is 9.44. The summed E-state index contributed by atoms with van der Waals surface area (Å²) in [7, 11) is 0. The van der Waals surface area contributed by atoms with Gasteiger partial charge in [-0.2, -0.15) is 0 Å². The second-order valence-corrected chi connectivity index (χ2v) is 6.96. The van der Waals surface area contributed by atoms with Gasteiger partial charge in [0.25, 0.3) is 0 Å². The molecule has 0 bridgehead atoms. The van der Waals surface area contributed by atoms with Crippen molar-refractivity contribution in [2.45, 2.75) is 0 Å². The normalized spacial score (nSPS) is 11.4. The van der Waals surface area contributed by atoms with E-state index in [1.807, 2.05) is 73.1 Å². The van der Waals surface area contributed by atoms with Gasteiger partial charge in [0.1, 0.15) is 0 Å². The minimum absolute atomic E-state index is 0. The monoisotopic (exact) mass is 488 g/mol. The van der Waals surface area contributed by atoms with Crippen molar-refractivity contribution >= 4 is 45.3 Å². The predicted molar refractivity (Wildman–Crippen MR) is 127 cm³/mol. The first-order valence-electron chi connectivity index (χ1n) is 9.84. The summed E-state index contributed by atoms with van der Waals surface area (Å²) in [5.74, 6) is 0. The molecule has 0 heterocycles. The molecule has 0 unspecified atom stereocenters. The van der Waals surface area contributed by atoms with Crippen LogP contribution >= 0.6 is 0 Å². The number of para-hydroxylation sites is 2. The van der Waals surface area contributed by atoms with E-state index in [4.69, 9.17) is 9.98 Å². The molecule has 0 aliphatic heterocycles. The van der Waals surface area contributed by atoms with Crippen molar-refractivity contribution in [3.05, 3.63) is 120 Å². The van der Waals surface area contributed by atoms with Gasteiger partial charge < -0.3 is 9.98 Å². The Kier molecular flexibility index (Phi) is 6.48. The van der Waals surface area contributed by atoms with Gasteiger partial charge in [-0.25, -0.2) is 0 Å². The molecule has 2 nitrogen and oxygen atoms in total. The van der Waals surface area contributed by atoms with E-state index in [1.54, 1.807) is 0 Å². The van der Waals surface area contributed by atoms with Crippen LogP contribution < -0.4 is 0 Å². The van der Waals surface area contributed by atoms with E-state index in [1.165, 1.54) is 10.8 Å². The van der Waals surface area contributed by atoms with Gasteiger partial charge in [0.15, 0.2) is 0 Å². The van der Waals surface area contributed by atoms with Crippen molar-refractivity contribution in [2.24, 2.45) is 9.98 Å². The molecule has 0 atom stereocenters. The van der Waals surface area contributed by atoms with Crippen molar-refractivity contribution < 1.29 is 20.4 Å². The summed E-state index contributed by atoms with van der Waals surface area (Å²) >= 11 is 0. The van der Waals surface area contributed by atoms with E-state index in [9.17, 15) is 0 Å². The standard InChI is InChI=1S/C28H18N2.Pd/c1-3-15-25-21(9-1)11-7-13-23(25)19-29-27-17-5-6-18-28(27)30-20-24-14-8-12-22-10-2-4-16-26(22)24;/h1-12,15-20H;/q-2;+2. The van der Waals surface area contributed by atoms with Gasteiger partial charge in [-0.15, -0.1) is 69.1 Å². The van der Waals surface area contributed by atoms with Crippen molar-refractivity contribution in [3.63, 3.8) is 0 Å². The molecule has 0 aromatic heterocycles. The largest absolute Gasteiger partial charge is 2.00 e. The van der Waals surface area contributed by atoms with Crippen LogP contribution in [0.5, 0.6) is 0 Å². The molecule has 0 N–H and O–H groups in total. The Bertz CT molecular complexity index is 1280. The zero-order chi connectivity index (χ0) is 20.2. The van der Waals surface area contributed by atoms with Crippen LogP contribution in [0.15, 0.2) is 107 Å². The van der Waals surface area contributed by atoms with Gasteiger partial charge in [-0.3, -0.25) is 0 Å². The van der Waals surface area contributed by atoms with Gasteiger partial charge in [-0.1, -0.05) is 60.7 Å². The Morgan fingerprint density at radius 1 is 0.516 bits per heavy atom. The maximum Gasteiger partial charge on any atom is 2.00 e.